The number of esters is 1. The van der Waals surface area contributed by atoms with Gasteiger partial charge in [0.1, 0.15) is 0 Å². The molecule has 4 nitrogen and oxygen atoms in total. The van der Waals surface area contributed by atoms with Gasteiger partial charge in [0.15, 0.2) is 0 Å². The molecule has 19 heavy (non-hydrogen) atoms. The summed E-state index contributed by atoms with van der Waals surface area (Å²) in [5, 5.41) is 0. The molecular weight excluding hydrogens is 240 g/mol. The van der Waals surface area contributed by atoms with Gasteiger partial charge in [-0.1, -0.05) is 26.2 Å². The second-order valence-corrected chi connectivity index (χ2v) is 4.79. The van der Waals surface area contributed by atoms with Gasteiger partial charge in [-0.2, -0.15) is 0 Å². The van der Waals surface area contributed by atoms with E-state index >= 15 is 0 Å². The Bertz CT molecular complexity index is 385. The Kier molecular flexibility index (Phi) is 6.79. The highest BCUT2D eigenvalue weighted by Gasteiger charge is 2.03. The summed E-state index contributed by atoms with van der Waals surface area (Å²) in [6.45, 7) is 2.53. The van der Waals surface area contributed by atoms with Gasteiger partial charge in [-0.05, 0) is 30.2 Å². The molecule has 0 aliphatic heterocycles. The van der Waals surface area contributed by atoms with Crippen molar-refractivity contribution in [2.24, 2.45) is 0 Å². The first-order valence-electron chi connectivity index (χ1n) is 6.92. The number of anilines is 2. The summed E-state index contributed by atoms with van der Waals surface area (Å²) < 4.78 is 5.19. The zero-order valence-corrected chi connectivity index (χ0v) is 11.7. The molecule has 0 atom stereocenters. The molecule has 0 aromatic heterocycles. The number of carbonyl (C=O) groups is 1. The summed E-state index contributed by atoms with van der Waals surface area (Å²) in [5.74, 6) is -0.118. The normalized spacial score (nSPS) is 10.4. The van der Waals surface area contributed by atoms with Gasteiger partial charge in [0.2, 0.25) is 0 Å². The Morgan fingerprint density at radius 2 is 1.79 bits per heavy atom. The van der Waals surface area contributed by atoms with Gasteiger partial charge in [0.05, 0.1) is 6.61 Å². The molecule has 0 saturated heterocycles. The molecule has 0 amide bonds. The first kappa shape index (κ1) is 15.3. The zero-order valence-electron chi connectivity index (χ0n) is 11.7. The lowest BCUT2D eigenvalue weighted by Crippen LogP contribution is -2.08. The minimum Gasteiger partial charge on any atom is -0.465 e. The third-order valence-corrected chi connectivity index (χ3v) is 2.93. The molecule has 0 spiro atoms. The quantitative estimate of drug-likeness (QED) is 0.430. The summed E-state index contributed by atoms with van der Waals surface area (Å²) in [4.78, 5) is 11.5. The summed E-state index contributed by atoms with van der Waals surface area (Å²) >= 11 is 0. The topological polar surface area (TPSA) is 78.3 Å². The summed E-state index contributed by atoms with van der Waals surface area (Å²) in [6.07, 6.45) is 5.52. The van der Waals surface area contributed by atoms with Crippen LogP contribution in [0.25, 0.3) is 0 Å². The minimum absolute atomic E-state index is 0.118. The second-order valence-electron chi connectivity index (χ2n) is 4.79. The van der Waals surface area contributed by atoms with Crippen LogP contribution < -0.4 is 11.5 Å². The van der Waals surface area contributed by atoms with E-state index in [1.54, 1.807) is 6.07 Å². The molecule has 4 N–H and O–H groups in total. The van der Waals surface area contributed by atoms with E-state index in [9.17, 15) is 4.79 Å². The van der Waals surface area contributed by atoms with Crippen molar-refractivity contribution in [2.45, 2.75) is 45.4 Å². The molecule has 4 heteroatoms. The molecule has 0 aliphatic rings. The van der Waals surface area contributed by atoms with E-state index in [0.29, 0.717) is 30.8 Å². The highest BCUT2D eigenvalue weighted by Crippen LogP contribution is 2.14. The highest BCUT2D eigenvalue weighted by atomic mass is 16.5. The fourth-order valence-corrected chi connectivity index (χ4v) is 1.94. The smallest absolute Gasteiger partial charge is 0.305 e. The van der Waals surface area contributed by atoms with E-state index in [2.05, 4.69) is 6.92 Å². The summed E-state index contributed by atoms with van der Waals surface area (Å²) in [5.41, 5.74) is 13.7. The van der Waals surface area contributed by atoms with Crippen molar-refractivity contribution < 1.29 is 9.53 Å². The molecule has 0 aliphatic carbocycles. The number of nitrogens with two attached hydrogens (primary N) is 2. The second kappa shape index (κ2) is 8.40. The monoisotopic (exact) mass is 264 g/mol. The van der Waals surface area contributed by atoms with Gasteiger partial charge in [-0.3, -0.25) is 4.79 Å². The Morgan fingerprint density at radius 3 is 2.42 bits per heavy atom. The van der Waals surface area contributed by atoms with Crippen LogP contribution in [0.15, 0.2) is 18.2 Å². The predicted molar refractivity (Wildman–Crippen MR) is 78.7 cm³/mol. The van der Waals surface area contributed by atoms with E-state index in [4.69, 9.17) is 16.2 Å². The van der Waals surface area contributed by atoms with E-state index in [1.165, 1.54) is 12.8 Å². The van der Waals surface area contributed by atoms with E-state index in [0.717, 1.165) is 18.4 Å². The lowest BCUT2D eigenvalue weighted by atomic mass is 10.1. The van der Waals surface area contributed by atoms with Gasteiger partial charge in [0, 0.05) is 24.2 Å². The molecule has 0 bridgehead atoms. The van der Waals surface area contributed by atoms with E-state index < -0.39 is 0 Å². The first-order valence-corrected chi connectivity index (χ1v) is 6.92. The van der Waals surface area contributed by atoms with Crippen LogP contribution in [0.4, 0.5) is 11.4 Å². The van der Waals surface area contributed by atoms with Crippen LogP contribution in [0.5, 0.6) is 0 Å². The molecule has 0 unspecified atom stereocenters. The number of carbonyl (C=O) groups excluding carboxylic acids is 1. The number of rotatable bonds is 8. The number of unbranched alkanes of at least 4 members (excludes halogenated alkanes) is 3. The number of ether oxygens (including phenoxy) is 1. The Balaban J connectivity index is 2.20. The highest BCUT2D eigenvalue weighted by molar-refractivity contribution is 5.69. The van der Waals surface area contributed by atoms with Crippen LogP contribution in [-0.4, -0.2) is 12.6 Å². The van der Waals surface area contributed by atoms with Crippen LogP contribution in [0.3, 0.4) is 0 Å². The van der Waals surface area contributed by atoms with Crippen LogP contribution >= 0.6 is 0 Å². The average molecular weight is 264 g/mol. The van der Waals surface area contributed by atoms with Crippen molar-refractivity contribution in [3.63, 3.8) is 0 Å². The maximum atomic E-state index is 11.5. The number of nitrogen functional groups attached to an aromatic ring is 2. The minimum atomic E-state index is -0.118. The molecule has 0 fully saturated rings. The molecule has 0 saturated carbocycles. The Labute approximate surface area is 115 Å². The molecular formula is C15H24N2O2. The first-order chi connectivity index (χ1) is 9.11. The van der Waals surface area contributed by atoms with E-state index in [1.807, 2.05) is 12.1 Å². The largest absolute Gasteiger partial charge is 0.465 e. The average Bonchev–Trinajstić information content (AvgIpc) is 2.33. The third-order valence-electron chi connectivity index (χ3n) is 2.93. The zero-order chi connectivity index (χ0) is 14.1. The number of benzene rings is 1. The van der Waals surface area contributed by atoms with Gasteiger partial charge in [0.25, 0.3) is 0 Å². The standard InChI is InChI=1S/C15H24N2O2/c1-2-3-4-5-6-15(18)19-8-7-12-9-13(16)11-14(17)10-12/h9-11H,2-8,16-17H2,1H3. The summed E-state index contributed by atoms with van der Waals surface area (Å²) in [6, 6.07) is 5.42. The van der Waals surface area contributed by atoms with Crippen molar-refractivity contribution >= 4 is 17.3 Å². The third kappa shape index (κ3) is 6.70. The van der Waals surface area contributed by atoms with Crippen molar-refractivity contribution in [1.29, 1.82) is 0 Å². The van der Waals surface area contributed by atoms with Gasteiger partial charge < -0.3 is 16.2 Å². The van der Waals surface area contributed by atoms with Gasteiger partial charge in [-0.15, -0.1) is 0 Å². The van der Waals surface area contributed by atoms with Crippen molar-refractivity contribution in [2.75, 3.05) is 18.1 Å². The Hall–Kier alpha value is -1.71. The molecule has 1 aromatic rings. The molecule has 0 radical (unpaired) electrons. The molecule has 0 heterocycles. The molecule has 1 rings (SSSR count). The van der Waals surface area contributed by atoms with Gasteiger partial charge >= 0.3 is 5.97 Å². The number of hydrogen-bond donors (Lipinski definition) is 2. The lowest BCUT2D eigenvalue weighted by molar-refractivity contribution is -0.143. The summed E-state index contributed by atoms with van der Waals surface area (Å²) in [7, 11) is 0. The number of hydrogen-bond acceptors (Lipinski definition) is 4. The predicted octanol–water partition coefficient (Wildman–Crippen LogP) is 2.91. The molecule has 106 valence electrons. The van der Waals surface area contributed by atoms with Crippen molar-refractivity contribution in [3.8, 4) is 0 Å². The fourth-order valence-electron chi connectivity index (χ4n) is 1.94. The molecule has 1 aromatic carbocycles. The van der Waals surface area contributed by atoms with Crippen LogP contribution in [0, 0.1) is 0 Å². The SMILES string of the molecule is CCCCCCC(=O)OCCc1cc(N)cc(N)c1. The van der Waals surface area contributed by atoms with Crippen LogP contribution in [-0.2, 0) is 16.0 Å². The van der Waals surface area contributed by atoms with Crippen LogP contribution in [0.1, 0.15) is 44.6 Å². The maximum Gasteiger partial charge on any atom is 0.305 e. The van der Waals surface area contributed by atoms with Gasteiger partial charge in [-0.25, -0.2) is 0 Å². The van der Waals surface area contributed by atoms with E-state index in [-0.39, 0.29) is 5.97 Å². The Morgan fingerprint density at radius 1 is 1.11 bits per heavy atom. The fraction of sp³-hybridized carbons (Fsp3) is 0.533. The van der Waals surface area contributed by atoms with Crippen molar-refractivity contribution in [1.82, 2.24) is 0 Å². The van der Waals surface area contributed by atoms with Crippen LogP contribution in [0.2, 0.25) is 0 Å². The maximum absolute atomic E-state index is 11.5. The lowest BCUT2D eigenvalue weighted by Gasteiger charge is -2.06. The van der Waals surface area contributed by atoms with Crippen molar-refractivity contribution in [3.05, 3.63) is 23.8 Å².